The second-order valence-electron chi connectivity index (χ2n) is 4.90. The quantitative estimate of drug-likeness (QED) is 0.495. The van der Waals surface area contributed by atoms with Crippen molar-refractivity contribution in [2.24, 2.45) is 5.10 Å². The van der Waals surface area contributed by atoms with Crippen molar-refractivity contribution in [3.8, 4) is 0 Å². The number of amides is 1. The SMILES string of the molecule is C/C(=N/NC(=O)c1cc([N+](=O)[O-])cc([N+](=O)[O-])c1)c1ccc(Cl)cc1. The summed E-state index contributed by atoms with van der Waals surface area (Å²) >= 11 is 5.78. The Kier molecular flexibility index (Phi) is 5.40. The molecule has 0 unspecified atom stereocenters. The van der Waals surface area contributed by atoms with E-state index < -0.39 is 27.1 Å². The Labute approximate surface area is 146 Å². The zero-order valence-corrected chi connectivity index (χ0v) is 13.6. The molecule has 2 rings (SSSR count). The Morgan fingerprint density at radius 2 is 1.52 bits per heavy atom. The molecule has 0 fully saturated rings. The lowest BCUT2D eigenvalue weighted by Gasteiger charge is -2.04. The average molecular weight is 363 g/mol. The number of carbonyl (C=O) groups excluding carboxylic acids is 1. The third kappa shape index (κ3) is 4.58. The third-order valence-electron chi connectivity index (χ3n) is 3.17. The van der Waals surface area contributed by atoms with Gasteiger partial charge in [0.15, 0.2) is 0 Å². The summed E-state index contributed by atoms with van der Waals surface area (Å²) in [6.07, 6.45) is 0. The molecule has 0 bridgehead atoms. The predicted molar refractivity (Wildman–Crippen MR) is 90.9 cm³/mol. The smallest absolute Gasteiger partial charge is 0.267 e. The topological polar surface area (TPSA) is 128 Å². The maximum Gasteiger partial charge on any atom is 0.277 e. The fraction of sp³-hybridized carbons (Fsp3) is 0.0667. The fourth-order valence-electron chi connectivity index (χ4n) is 1.89. The Morgan fingerprint density at radius 1 is 1.00 bits per heavy atom. The molecule has 2 aromatic rings. The van der Waals surface area contributed by atoms with Crippen LogP contribution in [0, 0.1) is 20.2 Å². The summed E-state index contributed by atoms with van der Waals surface area (Å²) in [4.78, 5) is 32.2. The Bertz CT molecular complexity index is 848. The lowest BCUT2D eigenvalue weighted by molar-refractivity contribution is -0.394. The molecule has 0 saturated carbocycles. The van der Waals surface area contributed by atoms with Gasteiger partial charge >= 0.3 is 0 Å². The second-order valence-corrected chi connectivity index (χ2v) is 5.33. The molecule has 2 aromatic carbocycles. The molecule has 0 radical (unpaired) electrons. The van der Waals surface area contributed by atoms with Crippen LogP contribution in [0.1, 0.15) is 22.8 Å². The highest BCUT2D eigenvalue weighted by Crippen LogP contribution is 2.22. The number of carbonyl (C=O) groups is 1. The Hall–Kier alpha value is -3.33. The zero-order valence-electron chi connectivity index (χ0n) is 12.8. The van der Waals surface area contributed by atoms with E-state index in [1.807, 2.05) is 0 Å². The van der Waals surface area contributed by atoms with Crippen LogP contribution < -0.4 is 5.43 Å². The van der Waals surface area contributed by atoms with Gasteiger partial charge in [0.1, 0.15) is 0 Å². The molecule has 0 aromatic heterocycles. The van der Waals surface area contributed by atoms with Gasteiger partial charge in [0.2, 0.25) is 0 Å². The number of non-ortho nitro benzene ring substituents is 2. The van der Waals surface area contributed by atoms with E-state index in [-0.39, 0.29) is 5.56 Å². The molecule has 25 heavy (non-hydrogen) atoms. The first-order chi connectivity index (χ1) is 11.8. The summed E-state index contributed by atoms with van der Waals surface area (Å²) in [7, 11) is 0. The van der Waals surface area contributed by atoms with E-state index >= 15 is 0 Å². The van der Waals surface area contributed by atoms with Gasteiger partial charge in [-0.2, -0.15) is 5.10 Å². The summed E-state index contributed by atoms with van der Waals surface area (Å²) in [5, 5.41) is 26.1. The molecule has 10 heteroatoms. The van der Waals surface area contributed by atoms with Gasteiger partial charge in [-0.1, -0.05) is 23.7 Å². The van der Waals surface area contributed by atoms with Gasteiger partial charge in [-0.25, -0.2) is 5.43 Å². The van der Waals surface area contributed by atoms with Crippen LogP contribution in [-0.2, 0) is 0 Å². The van der Waals surface area contributed by atoms with E-state index in [0.29, 0.717) is 16.3 Å². The number of rotatable bonds is 5. The lowest BCUT2D eigenvalue weighted by atomic mass is 10.1. The number of hydrazone groups is 1. The van der Waals surface area contributed by atoms with Crippen LogP contribution in [0.25, 0.3) is 0 Å². The minimum Gasteiger partial charge on any atom is -0.267 e. The number of nitrogens with zero attached hydrogens (tertiary/aromatic N) is 3. The zero-order chi connectivity index (χ0) is 18.6. The van der Waals surface area contributed by atoms with Crippen LogP contribution in [0.4, 0.5) is 11.4 Å². The van der Waals surface area contributed by atoms with E-state index in [1.165, 1.54) is 0 Å². The number of benzene rings is 2. The molecule has 128 valence electrons. The van der Waals surface area contributed by atoms with Gasteiger partial charge in [0, 0.05) is 17.2 Å². The van der Waals surface area contributed by atoms with Crippen molar-refractivity contribution in [2.75, 3.05) is 0 Å². The third-order valence-corrected chi connectivity index (χ3v) is 3.43. The van der Waals surface area contributed by atoms with Crippen LogP contribution >= 0.6 is 11.6 Å². The largest absolute Gasteiger partial charge is 0.277 e. The van der Waals surface area contributed by atoms with E-state index in [9.17, 15) is 25.0 Å². The van der Waals surface area contributed by atoms with Crippen LogP contribution in [0.5, 0.6) is 0 Å². The maximum absolute atomic E-state index is 12.1. The van der Waals surface area contributed by atoms with E-state index in [2.05, 4.69) is 10.5 Å². The standard InChI is InChI=1S/C15H11ClN4O5/c1-9(10-2-4-12(16)5-3-10)17-18-15(21)11-6-13(19(22)23)8-14(7-11)20(24)25/h2-8H,1H3,(H,18,21)/b17-9-. The normalized spacial score (nSPS) is 11.0. The van der Waals surface area contributed by atoms with E-state index in [4.69, 9.17) is 11.6 Å². The molecule has 0 aliphatic rings. The van der Waals surface area contributed by atoms with Crippen LogP contribution in [-0.4, -0.2) is 21.5 Å². The first kappa shape index (κ1) is 18.0. The molecule has 0 aliphatic carbocycles. The van der Waals surface area contributed by atoms with Crippen LogP contribution in [0.3, 0.4) is 0 Å². The highest BCUT2D eigenvalue weighted by atomic mass is 35.5. The van der Waals surface area contributed by atoms with Gasteiger partial charge in [-0.05, 0) is 24.6 Å². The monoisotopic (exact) mass is 362 g/mol. The highest BCUT2D eigenvalue weighted by Gasteiger charge is 2.19. The Balaban J connectivity index is 2.25. The van der Waals surface area contributed by atoms with Crippen molar-refractivity contribution in [1.29, 1.82) is 0 Å². The number of nitrogens with one attached hydrogen (secondary N) is 1. The number of nitro benzene ring substituents is 2. The second kappa shape index (κ2) is 7.49. The van der Waals surface area contributed by atoms with Crippen molar-refractivity contribution < 1.29 is 14.6 Å². The number of hydrogen-bond acceptors (Lipinski definition) is 6. The van der Waals surface area contributed by atoms with Gasteiger partial charge in [0.05, 0.1) is 27.2 Å². The number of halogens is 1. The van der Waals surface area contributed by atoms with Crippen LogP contribution in [0.15, 0.2) is 47.6 Å². The summed E-state index contributed by atoms with van der Waals surface area (Å²) in [5.74, 6) is -0.805. The molecular weight excluding hydrogens is 352 g/mol. The fourth-order valence-corrected chi connectivity index (χ4v) is 2.02. The highest BCUT2D eigenvalue weighted by molar-refractivity contribution is 6.30. The van der Waals surface area contributed by atoms with Crippen molar-refractivity contribution >= 4 is 34.6 Å². The lowest BCUT2D eigenvalue weighted by Crippen LogP contribution is -2.19. The van der Waals surface area contributed by atoms with Gasteiger partial charge in [-0.15, -0.1) is 0 Å². The van der Waals surface area contributed by atoms with Gasteiger partial charge in [0.25, 0.3) is 17.3 Å². The molecule has 0 saturated heterocycles. The molecular formula is C15H11ClN4O5. The molecule has 1 amide bonds. The minimum absolute atomic E-state index is 0.242. The summed E-state index contributed by atoms with van der Waals surface area (Å²) in [6, 6.07) is 9.37. The maximum atomic E-state index is 12.1. The first-order valence-electron chi connectivity index (χ1n) is 6.82. The minimum atomic E-state index is -0.813. The number of nitro groups is 2. The number of hydrogen-bond donors (Lipinski definition) is 1. The molecule has 1 N–H and O–H groups in total. The van der Waals surface area contributed by atoms with Crippen LogP contribution in [0.2, 0.25) is 5.02 Å². The summed E-state index contributed by atoms with van der Waals surface area (Å²) in [6.45, 7) is 1.64. The molecule has 9 nitrogen and oxygen atoms in total. The van der Waals surface area contributed by atoms with Crippen molar-refractivity contribution in [1.82, 2.24) is 5.43 Å². The van der Waals surface area contributed by atoms with E-state index in [1.54, 1.807) is 31.2 Å². The predicted octanol–water partition coefficient (Wildman–Crippen LogP) is 3.31. The molecule has 0 heterocycles. The Morgan fingerprint density at radius 3 is 2.00 bits per heavy atom. The summed E-state index contributed by atoms with van der Waals surface area (Å²) in [5.41, 5.74) is 2.02. The molecule has 0 atom stereocenters. The first-order valence-corrected chi connectivity index (χ1v) is 7.20. The van der Waals surface area contributed by atoms with Crippen molar-refractivity contribution in [3.63, 3.8) is 0 Å². The summed E-state index contributed by atoms with van der Waals surface area (Å²) < 4.78 is 0. The van der Waals surface area contributed by atoms with Gasteiger partial charge < -0.3 is 0 Å². The van der Waals surface area contributed by atoms with Crippen molar-refractivity contribution in [2.45, 2.75) is 6.92 Å². The average Bonchev–Trinajstić information content (AvgIpc) is 2.59. The molecule has 0 spiro atoms. The van der Waals surface area contributed by atoms with E-state index in [0.717, 1.165) is 18.2 Å². The molecule has 0 aliphatic heterocycles. The van der Waals surface area contributed by atoms with Crippen molar-refractivity contribution in [3.05, 3.63) is 78.8 Å². The van der Waals surface area contributed by atoms with Gasteiger partial charge in [-0.3, -0.25) is 25.0 Å².